The Bertz CT molecular complexity index is 461. The molecule has 0 aromatic heterocycles. The number of para-hydroxylation sites is 2. The van der Waals surface area contributed by atoms with Crippen LogP contribution >= 0.6 is 0 Å². The average molecular weight is 246 g/mol. The summed E-state index contributed by atoms with van der Waals surface area (Å²) in [4.78, 5) is 14.4. The fourth-order valence-electron chi connectivity index (χ4n) is 2.86. The number of nitrogens with two attached hydrogens (primary N) is 1. The molecule has 3 rings (SSSR count). The molecule has 96 valence electrons. The molecule has 0 saturated heterocycles. The number of hydrogen-bond acceptors (Lipinski definition) is 3. The normalized spacial score (nSPS) is 26.6. The van der Waals surface area contributed by atoms with E-state index < -0.39 is 0 Å². The first-order valence-electron chi connectivity index (χ1n) is 6.54. The van der Waals surface area contributed by atoms with Crippen LogP contribution in [-0.2, 0) is 4.79 Å². The Morgan fingerprint density at radius 3 is 2.94 bits per heavy atom. The van der Waals surface area contributed by atoms with Crippen molar-refractivity contribution in [3.63, 3.8) is 0 Å². The van der Waals surface area contributed by atoms with Crippen LogP contribution in [0.25, 0.3) is 0 Å². The zero-order valence-electron chi connectivity index (χ0n) is 10.3. The van der Waals surface area contributed by atoms with Crippen LogP contribution in [0.3, 0.4) is 0 Å². The van der Waals surface area contributed by atoms with E-state index in [0.717, 1.165) is 30.7 Å². The molecule has 1 aliphatic heterocycles. The molecule has 1 amide bonds. The zero-order valence-corrected chi connectivity index (χ0v) is 10.3. The molecule has 4 nitrogen and oxygen atoms in total. The number of amides is 1. The molecule has 4 heteroatoms. The van der Waals surface area contributed by atoms with Gasteiger partial charge in [-0.05, 0) is 31.4 Å². The second-order valence-electron chi connectivity index (χ2n) is 5.08. The van der Waals surface area contributed by atoms with Crippen molar-refractivity contribution >= 4 is 11.6 Å². The van der Waals surface area contributed by atoms with Gasteiger partial charge in [0.15, 0.2) is 0 Å². The summed E-state index contributed by atoms with van der Waals surface area (Å²) in [6.07, 6.45) is 2.69. The number of anilines is 1. The third kappa shape index (κ3) is 1.97. The van der Waals surface area contributed by atoms with Crippen molar-refractivity contribution in [1.82, 2.24) is 0 Å². The van der Waals surface area contributed by atoms with E-state index in [-0.39, 0.29) is 17.9 Å². The highest BCUT2D eigenvalue weighted by atomic mass is 16.5. The first-order chi connectivity index (χ1) is 8.75. The Balaban J connectivity index is 1.83. The van der Waals surface area contributed by atoms with E-state index in [2.05, 4.69) is 0 Å². The van der Waals surface area contributed by atoms with Crippen molar-refractivity contribution in [2.45, 2.75) is 25.3 Å². The number of ether oxygens (including phenoxy) is 1. The van der Waals surface area contributed by atoms with Crippen LogP contribution in [0, 0.1) is 5.92 Å². The molecule has 0 spiro atoms. The van der Waals surface area contributed by atoms with E-state index in [9.17, 15) is 4.79 Å². The molecule has 2 N–H and O–H groups in total. The smallest absolute Gasteiger partial charge is 0.230 e. The molecule has 1 fully saturated rings. The monoisotopic (exact) mass is 246 g/mol. The van der Waals surface area contributed by atoms with E-state index >= 15 is 0 Å². The van der Waals surface area contributed by atoms with Gasteiger partial charge in [-0.1, -0.05) is 12.1 Å². The minimum atomic E-state index is 0.0890. The van der Waals surface area contributed by atoms with Crippen molar-refractivity contribution in [2.75, 3.05) is 18.1 Å². The molecular weight excluding hydrogens is 228 g/mol. The number of benzene rings is 1. The average Bonchev–Trinajstić information content (AvgIpc) is 2.84. The molecule has 1 aromatic rings. The lowest BCUT2D eigenvalue weighted by molar-refractivity contribution is -0.122. The number of carbonyl (C=O) groups excluding carboxylic acids is 1. The molecular formula is C14H18N2O2. The molecule has 2 aliphatic rings. The van der Waals surface area contributed by atoms with Crippen molar-refractivity contribution in [2.24, 2.45) is 11.7 Å². The first-order valence-corrected chi connectivity index (χ1v) is 6.54. The van der Waals surface area contributed by atoms with Gasteiger partial charge < -0.3 is 15.4 Å². The van der Waals surface area contributed by atoms with Crippen LogP contribution in [0.1, 0.15) is 19.3 Å². The lowest BCUT2D eigenvalue weighted by Crippen LogP contribution is -2.41. The summed E-state index contributed by atoms with van der Waals surface area (Å²) in [5.74, 6) is 1.10. The number of carbonyl (C=O) groups is 1. The molecule has 18 heavy (non-hydrogen) atoms. The molecule has 1 aromatic carbocycles. The fourth-order valence-corrected chi connectivity index (χ4v) is 2.86. The highest BCUT2D eigenvalue weighted by Gasteiger charge is 2.33. The van der Waals surface area contributed by atoms with E-state index in [0.29, 0.717) is 13.2 Å². The van der Waals surface area contributed by atoms with Gasteiger partial charge in [-0.3, -0.25) is 4.79 Å². The van der Waals surface area contributed by atoms with E-state index in [1.165, 1.54) is 0 Å². The Morgan fingerprint density at radius 1 is 1.33 bits per heavy atom. The number of nitrogens with zero attached hydrogens (tertiary/aromatic N) is 1. The summed E-state index contributed by atoms with van der Waals surface area (Å²) in [7, 11) is 0. The van der Waals surface area contributed by atoms with Crippen LogP contribution < -0.4 is 15.4 Å². The van der Waals surface area contributed by atoms with Crippen LogP contribution in [-0.4, -0.2) is 25.1 Å². The summed E-state index contributed by atoms with van der Waals surface area (Å²) in [5.41, 5.74) is 6.79. The van der Waals surface area contributed by atoms with Crippen LogP contribution in [0.5, 0.6) is 5.75 Å². The van der Waals surface area contributed by atoms with Gasteiger partial charge >= 0.3 is 0 Å². The van der Waals surface area contributed by atoms with Gasteiger partial charge in [0.05, 0.1) is 12.2 Å². The topological polar surface area (TPSA) is 55.6 Å². The molecule has 0 bridgehead atoms. The maximum absolute atomic E-state index is 12.5. The second-order valence-corrected chi connectivity index (χ2v) is 5.08. The van der Waals surface area contributed by atoms with Crippen LogP contribution in [0.15, 0.2) is 24.3 Å². The highest BCUT2D eigenvalue weighted by molar-refractivity contribution is 5.97. The van der Waals surface area contributed by atoms with Crippen molar-refractivity contribution < 1.29 is 9.53 Å². The van der Waals surface area contributed by atoms with Gasteiger partial charge in [0.2, 0.25) is 5.91 Å². The number of fused-ring (bicyclic) bond motifs is 1. The van der Waals surface area contributed by atoms with Crippen molar-refractivity contribution in [1.29, 1.82) is 0 Å². The Hall–Kier alpha value is -1.55. The predicted octanol–water partition coefficient (Wildman–Crippen LogP) is 1.54. The van der Waals surface area contributed by atoms with E-state index in [4.69, 9.17) is 10.5 Å². The van der Waals surface area contributed by atoms with Gasteiger partial charge in [0.1, 0.15) is 12.4 Å². The SMILES string of the molecule is NC1CCC(C(=O)N2CCOc3ccccc32)C1. The quantitative estimate of drug-likeness (QED) is 0.817. The van der Waals surface area contributed by atoms with Gasteiger partial charge in [0, 0.05) is 12.0 Å². The lowest BCUT2D eigenvalue weighted by Gasteiger charge is -2.31. The Morgan fingerprint density at radius 2 is 2.17 bits per heavy atom. The maximum atomic E-state index is 12.5. The van der Waals surface area contributed by atoms with Gasteiger partial charge in [-0.2, -0.15) is 0 Å². The highest BCUT2D eigenvalue weighted by Crippen LogP contribution is 2.34. The van der Waals surface area contributed by atoms with E-state index in [1.807, 2.05) is 29.2 Å². The maximum Gasteiger partial charge on any atom is 0.230 e. The minimum Gasteiger partial charge on any atom is -0.490 e. The van der Waals surface area contributed by atoms with Gasteiger partial charge in [-0.25, -0.2) is 0 Å². The van der Waals surface area contributed by atoms with Crippen LogP contribution in [0.2, 0.25) is 0 Å². The standard InChI is InChI=1S/C14H18N2O2/c15-11-6-5-10(9-11)14(17)16-7-8-18-13-4-2-1-3-12(13)16/h1-4,10-11H,5-9,15H2. The van der Waals surface area contributed by atoms with E-state index in [1.54, 1.807) is 0 Å². The number of rotatable bonds is 1. The summed E-state index contributed by atoms with van der Waals surface area (Å²) >= 11 is 0. The molecule has 2 atom stereocenters. The number of hydrogen-bond donors (Lipinski definition) is 1. The Labute approximate surface area is 107 Å². The summed E-state index contributed by atoms with van der Waals surface area (Å²) in [6, 6.07) is 7.92. The lowest BCUT2D eigenvalue weighted by atomic mass is 10.1. The largest absolute Gasteiger partial charge is 0.490 e. The summed E-state index contributed by atoms with van der Waals surface area (Å²) in [5, 5.41) is 0. The fraction of sp³-hybridized carbons (Fsp3) is 0.500. The molecule has 1 heterocycles. The molecule has 1 aliphatic carbocycles. The third-order valence-corrected chi connectivity index (χ3v) is 3.82. The molecule has 0 radical (unpaired) electrons. The van der Waals surface area contributed by atoms with Gasteiger partial charge in [0.25, 0.3) is 0 Å². The van der Waals surface area contributed by atoms with Gasteiger partial charge in [-0.15, -0.1) is 0 Å². The molecule has 2 unspecified atom stereocenters. The molecule has 1 saturated carbocycles. The Kier molecular flexibility index (Phi) is 2.96. The predicted molar refractivity (Wildman–Crippen MR) is 69.6 cm³/mol. The van der Waals surface area contributed by atoms with Crippen LogP contribution in [0.4, 0.5) is 5.69 Å². The minimum absolute atomic E-state index is 0.0890. The third-order valence-electron chi connectivity index (χ3n) is 3.82. The summed E-state index contributed by atoms with van der Waals surface area (Å²) in [6.45, 7) is 1.21. The first kappa shape index (κ1) is 11.5. The van der Waals surface area contributed by atoms with Crippen molar-refractivity contribution in [3.05, 3.63) is 24.3 Å². The zero-order chi connectivity index (χ0) is 12.5. The summed E-state index contributed by atoms with van der Waals surface area (Å²) < 4.78 is 5.57. The van der Waals surface area contributed by atoms with Crippen molar-refractivity contribution in [3.8, 4) is 5.75 Å². The second kappa shape index (κ2) is 4.61.